The van der Waals surface area contributed by atoms with Crippen LogP contribution in [0.1, 0.15) is 24.5 Å². The number of carbonyl (C=O) groups is 3. The van der Waals surface area contributed by atoms with E-state index in [-0.39, 0.29) is 12.5 Å². The van der Waals surface area contributed by atoms with Crippen molar-refractivity contribution in [1.82, 2.24) is 15.1 Å². The number of urea groups is 1. The molecule has 0 saturated carbocycles. The molecule has 0 spiro atoms. The number of nitriles is 1. The Balaban J connectivity index is 1.26. The summed E-state index contributed by atoms with van der Waals surface area (Å²) < 4.78 is 0. The Hall–Kier alpha value is -4.38. The second-order valence-electron chi connectivity index (χ2n) is 9.39. The SMILES string of the molecule is CC1(c2ccc3ccccc3c2)NC(=O)N(CC(=O)N2CCCN(c3ccc(C#N)cc3)CC2)C1=O. The average molecular weight is 482 g/mol. The van der Waals surface area contributed by atoms with E-state index in [0.717, 1.165) is 34.3 Å². The van der Waals surface area contributed by atoms with Gasteiger partial charge in [-0.15, -0.1) is 0 Å². The first-order valence-corrected chi connectivity index (χ1v) is 12.1. The Morgan fingerprint density at radius 2 is 1.72 bits per heavy atom. The molecular formula is C28H27N5O3. The van der Waals surface area contributed by atoms with E-state index in [9.17, 15) is 14.4 Å². The van der Waals surface area contributed by atoms with Crippen LogP contribution in [0.5, 0.6) is 0 Å². The number of hydrogen-bond donors (Lipinski definition) is 1. The highest BCUT2D eigenvalue weighted by molar-refractivity contribution is 6.09. The Morgan fingerprint density at radius 1 is 0.972 bits per heavy atom. The van der Waals surface area contributed by atoms with Crippen molar-refractivity contribution in [3.05, 3.63) is 77.9 Å². The third kappa shape index (κ3) is 4.24. The van der Waals surface area contributed by atoms with Gasteiger partial charge in [0.1, 0.15) is 12.1 Å². The molecule has 2 aliphatic rings. The lowest BCUT2D eigenvalue weighted by Crippen LogP contribution is -2.45. The standard InChI is InChI=1S/C28H27N5O3/c1-28(23-10-9-21-5-2-3-6-22(21)17-23)26(35)33(27(36)30-28)19-25(34)32-14-4-13-31(15-16-32)24-11-7-20(18-29)8-12-24/h2-3,5-12,17H,4,13-16,19H2,1H3,(H,30,36). The van der Waals surface area contributed by atoms with Crippen molar-refractivity contribution in [2.75, 3.05) is 37.6 Å². The van der Waals surface area contributed by atoms with Gasteiger partial charge in [-0.05, 0) is 60.0 Å². The molecule has 2 fully saturated rings. The van der Waals surface area contributed by atoms with Gasteiger partial charge in [0.05, 0.1) is 11.6 Å². The van der Waals surface area contributed by atoms with E-state index in [4.69, 9.17) is 5.26 Å². The summed E-state index contributed by atoms with van der Waals surface area (Å²) in [6.45, 7) is 3.85. The first-order chi connectivity index (χ1) is 17.4. The number of benzene rings is 3. The lowest BCUT2D eigenvalue weighted by Gasteiger charge is -2.25. The van der Waals surface area contributed by atoms with E-state index >= 15 is 0 Å². The van der Waals surface area contributed by atoms with Gasteiger partial charge in [-0.3, -0.25) is 14.5 Å². The largest absolute Gasteiger partial charge is 0.370 e. The molecule has 1 atom stereocenters. The van der Waals surface area contributed by atoms with Crippen LogP contribution in [0.3, 0.4) is 0 Å². The molecule has 8 nitrogen and oxygen atoms in total. The molecule has 0 aromatic heterocycles. The smallest absolute Gasteiger partial charge is 0.325 e. The quantitative estimate of drug-likeness (QED) is 0.577. The fourth-order valence-corrected chi connectivity index (χ4v) is 4.94. The van der Waals surface area contributed by atoms with Gasteiger partial charge in [-0.25, -0.2) is 4.79 Å². The van der Waals surface area contributed by atoms with Crippen molar-refractivity contribution in [1.29, 1.82) is 5.26 Å². The highest BCUT2D eigenvalue weighted by atomic mass is 16.2. The molecule has 36 heavy (non-hydrogen) atoms. The molecule has 4 amide bonds. The van der Waals surface area contributed by atoms with Crippen LogP contribution in [0.25, 0.3) is 10.8 Å². The van der Waals surface area contributed by atoms with Gasteiger partial charge in [0.2, 0.25) is 5.91 Å². The number of imide groups is 1. The third-order valence-electron chi connectivity index (χ3n) is 7.11. The minimum absolute atomic E-state index is 0.247. The molecule has 2 heterocycles. The summed E-state index contributed by atoms with van der Waals surface area (Å²) in [6.07, 6.45) is 0.765. The maximum atomic E-state index is 13.4. The molecular weight excluding hydrogens is 454 g/mol. The third-order valence-corrected chi connectivity index (χ3v) is 7.11. The number of amides is 4. The first kappa shape index (κ1) is 23.4. The Kier molecular flexibility index (Phi) is 6.06. The van der Waals surface area contributed by atoms with Crippen LogP contribution in [0.2, 0.25) is 0 Å². The van der Waals surface area contributed by atoms with E-state index in [1.165, 1.54) is 0 Å². The lowest BCUT2D eigenvalue weighted by atomic mass is 9.90. The summed E-state index contributed by atoms with van der Waals surface area (Å²) in [5, 5.41) is 13.8. The number of anilines is 1. The van der Waals surface area contributed by atoms with Gasteiger partial charge in [0.15, 0.2) is 0 Å². The van der Waals surface area contributed by atoms with Gasteiger partial charge < -0.3 is 15.1 Å². The minimum atomic E-state index is -1.23. The zero-order chi connectivity index (χ0) is 25.3. The fourth-order valence-electron chi connectivity index (χ4n) is 4.94. The molecule has 2 saturated heterocycles. The van der Waals surface area contributed by atoms with Gasteiger partial charge in [-0.1, -0.05) is 36.4 Å². The summed E-state index contributed by atoms with van der Waals surface area (Å²) >= 11 is 0. The maximum absolute atomic E-state index is 13.4. The zero-order valence-electron chi connectivity index (χ0n) is 20.1. The van der Waals surface area contributed by atoms with E-state index in [2.05, 4.69) is 16.3 Å². The molecule has 1 unspecified atom stereocenters. The van der Waals surface area contributed by atoms with Crippen LogP contribution in [0.15, 0.2) is 66.7 Å². The van der Waals surface area contributed by atoms with E-state index in [1.807, 2.05) is 54.6 Å². The molecule has 8 heteroatoms. The highest BCUT2D eigenvalue weighted by Gasteiger charge is 2.49. The molecule has 1 N–H and O–H groups in total. The average Bonchev–Trinajstić information content (AvgIpc) is 3.07. The van der Waals surface area contributed by atoms with E-state index in [0.29, 0.717) is 30.8 Å². The van der Waals surface area contributed by atoms with Crippen molar-refractivity contribution in [2.45, 2.75) is 18.9 Å². The van der Waals surface area contributed by atoms with Crippen molar-refractivity contribution in [2.24, 2.45) is 0 Å². The molecule has 2 aliphatic heterocycles. The van der Waals surface area contributed by atoms with Gasteiger partial charge in [-0.2, -0.15) is 5.26 Å². The second-order valence-corrected chi connectivity index (χ2v) is 9.39. The van der Waals surface area contributed by atoms with Crippen LogP contribution < -0.4 is 10.2 Å². The minimum Gasteiger partial charge on any atom is -0.370 e. The highest BCUT2D eigenvalue weighted by Crippen LogP contribution is 2.31. The predicted octanol–water partition coefficient (Wildman–Crippen LogP) is 3.22. The molecule has 3 aromatic rings. The molecule has 3 aromatic carbocycles. The number of nitrogens with zero attached hydrogens (tertiary/aromatic N) is 4. The summed E-state index contributed by atoms with van der Waals surface area (Å²) in [5.41, 5.74) is 1.06. The van der Waals surface area contributed by atoms with Gasteiger partial charge in [0.25, 0.3) is 5.91 Å². The van der Waals surface area contributed by atoms with Crippen molar-refractivity contribution >= 4 is 34.3 Å². The van der Waals surface area contributed by atoms with Crippen LogP contribution in [0, 0.1) is 11.3 Å². The normalized spacial score (nSPS) is 20.3. The van der Waals surface area contributed by atoms with Crippen LogP contribution in [-0.4, -0.2) is 60.4 Å². The Labute approximate surface area is 209 Å². The lowest BCUT2D eigenvalue weighted by molar-refractivity contribution is -0.138. The number of fused-ring (bicyclic) bond motifs is 1. The summed E-state index contributed by atoms with van der Waals surface area (Å²) in [7, 11) is 0. The summed E-state index contributed by atoms with van der Waals surface area (Å²) in [5.74, 6) is -0.673. The molecule has 5 rings (SSSR count). The van der Waals surface area contributed by atoms with E-state index in [1.54, 1.807) is 24.0 Å². The number of nitrogens with one attached hydrogen (secondary N) is 1. The molecule has 0 bridgehead atoms. The molecule has 0 radical (unpaired) electrons. The summed E-state index contributed by atoms with van der Waals surface area (Å²) in [6, 6.07) is 22.5. The van der Waals surface area contributed by atoms with Crippen LogP contribution in [0.4, 0.5) is 10.5 Å². The van der Waals surface area contributed by atoms with Crippen LogP contribution in [-0.2, 0) is 15.1 Å². The van der Waals surface area contributed by atoms with Crippen molar-refractivity contribution < 1.29 is 14.4 Å². The van der Waals surface area contributed by atoms with Crippen molar-refractivity contribution in [3.8, 4) is 6.07 Å². The van der Waals surface area contributed by atoms with Crippen molar-refractivity contribution in [3.63, 3.8) is 0 Å². The second kappa shape index (κ2) is 9.34. The number of hydrogen-bond acceptors (Lipinski definition) is 5. The van der Waals surface area contributed by atoms with Crippen LogP contribution >= 0.6 is 0 Å². The molecule has 0 aliphatic carbocycles. The van der Waals surface area contributed by atoms with E-state index < -0.39 is 17.5 Å². The zero-order valence-corrected chi connectivity index (χ0v) is 20.1. The number of carbonyl (C=O) groups excluding carboxylic acids is 3. The summed E-state index contributed by atoms with van der Waals surface area (Å²) in [4.78, 5) is 44.3. The predicted molar refractivity (Wildman–Crippen MR) is 136 cm³/mol. The Morgan fingerprint density at radius 3 is 2.47 bits per heavy atom. The fraction of sp³-hybridized carbons (Fsp3) is 0.286. The first-order valence-electron chi connectivity index (χ1n) is 12.1. The Bertz CT molecular complexity index is 1380. The van der Waals surface area contributed by atoms with Gasteiger partial charge >= 0.3 is 6.03 Å². The number of rotatable bonds is 4. The monoisotopic (exact) mass is 481 g/mol. The molecule has 182 valence electrons. The maximum Gasteiger partial charge on any atom is 0.325 e. The topological polar surface area (TPSA) is 96.8 Å². The van der Waals surface area contributed by atoms with Gasteiger partial charge in [0, 0.05) is 31.9 Å².